The van der Waals surface area contributed by atoms with Crippen LogP contribution in [0.15, 0.2) is 42.6 Å². The Hall–Kier alpha value is -2.44. The molecule has 0 bridgehead atoms. The number of nitrogens with one attached hydrogen (secondary N) is 1. The molecule has 0 spiro atoms. The molecule has 2 N–H and O–H groups in total. The van der Waals surface area contributed by atoms with Crippen molar-refractivity contribution in [1.82, 2.24) is 14.6 Å². The van der Waals surface area contributed by atoms with Crippen molar-refractivity contribution in [2.45, 2.75) is 6.61 Å². The van der Waals surface area contributed by atoms with Crippen LogP contribution in [0.5, 0.6) is 0 Å². The molecule has 0 radical (unpaired) electrons. The number of hydrogen-bond acceptors (Lipinski definition) is 5. The molecule has 0 atom stereocenters. The Morgan fingerprint density at radius 1 is 1.23 bits per heavy atom. The number of imidazole rings is 1. The fourth-order valence-corrected chi connectivity index (χ4v) is 2.34. The van der Waals surface area contributed by atoms with Crippen LogP contribution in [-0.4, -0.2) is 40.0 Å². The summed E-state index contributed by atoms with van der Waals surface area (Å²) < 4.78 is 6.80. The molecular formula is C16H18N4O2. The normalized spacial score (nSPS) is 11.0. The molecule has 0 amide bonds. The number of fused-ring (bicyclic) bond motifs is 1. The number of rotatable bonds is 6. The maximum Gasteiger partial charge on any atom is 0.154 e. The first-order valence-electron chi connectivity index (χ1n) is 7.10. The van der Waals surface area contributed by atoms with Crippen molar-refractivity contribution in [3.05, 3.63) is 48.2 Å². The Balaban J connectivity index is 2.01. The van der Waals surface area contributed by atoms with E-state index < -0.39 is 0 Å². The predicted octanol–water partition coefficient (Wildman–Crippen LogP) is 1.95. The summed E-state index contributed by atoms with van der Waals surface area (Å²) in [6, 6.07) is 11.5. The number of benzene rings is 1. The first kappa shape index (κ1) is 14.5. The molecule has 0 fully saturated rings. The summed E-state index contributed by atoms with van der Waals surface area (Å²) in [6.45, 7) is 1.28. The average molecular weight is 298 g/mol. The number of nitrogens with zero attached hydrogens (tertiary/aromatic N) is 3. The second-order valence-corrected chi connectivity index (χ2v) is 4.87. The zero-order valence-corrected chi connectivity index (χ0v) is 12.4. The van der Waals surface area contributed by atoms with E-state index in [9.17, 15) is 5.11 Å². The molecule has 22 heavy (non-hydrogen) atoms. The van der Waals surface area contributed by atoms with Gasteiger partial charge in [0.2, 0.25) is 0 Å². The van der Waals surface area contributed by atoms with Gasteiger partial charge in [-0.05, 0) is 17.7 Å². The standard InChI is InChI=1S/C16H18N4O2/c1-22-9-8-17-15-6-7-16-18-10-14(20(16)19-15)13-5-3-2-4-12(13)11-21/h2-7,10,21H,8-9,11H2,1H3,(H,17,19). The number of hydrogen-bond donors (Lipinski definition) is 2. The van der Waals surface area contributed by atoms with E-state index in [4.69, 9.17) is 4.74 Å². The number of aromatic nitrogens is 3. The molecule has 0 unspecified atom stereocenters. The summed E-state index contributed by atoms with van der Waals surface area (Å²) in [5, 5.41) is 17.3. The molecule has 0 aliphatic carbocycles. The fraction of sp³-hybridized carbons (Fsp3) is 0.250. The van der Waals surface area contributed by atoms with E-state index in [-0.39, 0.29) is 6.61 Å². The Morgan fingerprint density at radius 2 is 2.09 bits per heavy atom. The summed E-state index contributed by atoms with van der Waals surface area (Å²) in [7, 11) is 1.66. The van der Waals surface area contributed by atoms with E-state index in [0.717, 1.165) is 28.3 Å². The van der Waals surface area contributed by atoms with Crippen molar-refractivity contribution in [3.8, 4) is 11.3 Å². The van der Waals surface area contributed by atoms with Crippen molar-refractivity contribution < 1.29 is 9.84 Å². The predicted molar refractivity (Wildman–Crippen MR) is 84.7 cm³/mol. The highest BCUT2D eigenvalue weighted by Crippen LogP contribution is 2.24. The van der Waals surface area contributed by atoms with Crippen LogP contribution in [0.1, 0.15) is 5.56 Å². The monoisotopic (exact) mass is 298 g/mol. The molecule has 3 aromatic rings. The second kappa shape index (κ2) is 6.55. The molecule has 2 aromatic heterocycles. The van der Waals surface area contributed by atoms with Crippen LogP contribution in [0.4, 0.5) is 5.82 Å². The Labute approximate surface area is 128 Å². The SMILES string of the molecule is COCCNc1ccc2ncc(-c3ccccc3CO)n2n1. The van der Waals surface area contributed by atoms with E-state index in [0.29, 0.717) is 13.2 Å². The molecule has 114 valence electrons. The molecule has 0 aliphatic rings. The highest BCUT2D eigenvalue weighted by atomic mass is 16.5. The summed E-state index contributed by atoms with van der Waals surface area (Å²) in [6.07, 6.45) is 1.77. The van der Waals surface area contributed by atoms with Gasteiger partial charge in [0.15, 0.2) is 5.65 Å². The van der Waals surface area contributed by atoms with Gasteiger partial charge in [-0.15, -0.1) is 5.10 Å². The lowest BCUT2D eigenvalue weighted by Crippen LogP contribution is -2.10. The lowest BCUT2D eigenvalue weighted by Gasteiger charge is -2.08. The van der Waals surface area contributed by atoms with Crippen molar-refractivity contribution in [2.75, 3.05) is 25.6 Å². The smallest absolute Gasteiger partial charge is 0.154 e. The van der Waals surface area contributed by atoms with Gasteiger partial charge in [0.05, 0.1) is 25.1 Å². The lowest BCUT2D eigenvalue weighted by atomic mass is 10.1. The van der Waals surface area contributed by atoms with Crippen LogP contribution in [0, 0.1) is 0 Å². The Kier molecular flexibility index (Phi) is 4.32. The minimum Gasteiger partial charge on any atom is -0.392 e. The summed E-state index contributed by atoms with van der Waals surface area (Å²) >= 11 is 0. The number of anilines is 1. The van der Waals surface area contributed by atoms with Crippen LogP contribution >= 0.6 is 0 Å². The van der Waals surface area contributed by atoms with Gasteiger partial charge in [-0.1, -0.05) is 24.3 Å². The number of aliphatic hydroxyl groups excluding tert-OH is 1. The van der Waals surface area contributed by atoms with Gasteiger partial charge in [0.25, 0.3) is 0 Å². The third-order valence-electron chi connectivity index (χ3n) is 3.44. The van der Waals surface area contributed by atoms with Crippen LogP contribution in [0.25, 0.3) is 16.9 Å². The molecule has 3 rings (SSSR count). The Bertz CT molecular complexity index is 770. The number of ether oxygens (including phenoxy) is 1. The highest BCUT2D eigenvalue weighted by Gasteiger charge is 2.11. The van der Waals surface area contributed by atoms with Crippen molar-refractivity contribution >= 4 is 11.5 Å². The first-order valence-corrected chi connectivity index (χ1v) is 7.10. The lowest BCUT2D eigenvalue weighted by molar-refractivity contribution is 0.210. The third-order valence-corrected chi connectivity index (χ3v) is 3.44. The van der Waals surface area contributed by atoms with Gasteiger partial charge in [-0.2, -0.15) is 0 Å². The van der Waals surface area contributed by atoms with E-state index in [1.807, 2.05) is 36.4 Å². The molecular weight excluding hydrogens is 280 g/mol. The highest BCUT2D eigenvalue weighted by molar-refractivity contribution is 5.67. The minimum atomic E-state index is -0.0187. The van der Waals surface area contributed by atoms with E-state index in [2.05, 4.69) is 15.4 Å². The molecule has 0 saturated heterocycles. The topological polar surface area (TPSA) is 71.7 Å². The minimum absolute atomic E-state index is 0.0187. The molecule has 2 heterocycles. The molecule has 1 aromatic carbocycles. The van der Waals surface area contributed by atoms with Gasteiger partial charge in [-0.25, -0.2) is 9.50 Å². The summed E-state index contributed by atoms with van der Waals surface area (Å²) in [4.78, 5) is 4.37. The number of methoxy groups -OCH3 is 1. The molecule has 6 heteroatoms. The van der Waals surface area contributed by atoms with Gasteiger partial charge in [-0.3, -0.25) is 0 Å². The molecule has 0 saturated carbocycles. The maximum atomic E-state index is 9.51. The zero-order valence-electron chi connectivity index (χ0n) is 12.4. The van der Waals surface area contributed by atoms with Gasteiger partial charge in [0, 0.05) is 19.2 Å². The van der Waals surface area contributed by atoms with Crippen molar-refractivity contribution in [1.29, 1.82) is 0 Å². The van der Waals surface area contributed by atoms with Crippen molar-refractivity contribution in [3.63, 3.8) is 0 Å². The average Bonchev–Trinajstić information content (AvgIpc) is 2.98. The van der Waals surface area contributed by atoms with Crippen molar-refractivity contribution in [2.24, 2.45) is 0 Å². The van der Waals surface area contributed by atoms with Gasteiger partial charge in [0.1, 0.15) is 5.82 Å². The summed E-state index contributed by atoms with van der Waals surface area (Å²) in [5.41, 5.74) is 3.40. The van der Waals surface area contributed by atoms with E-state index >= 15 is 0 Å². The third kappa shape index (κ3) is 2.79. The van der Waals surface area contributed by atoms with Gasteiger partial charge < -0.3 is 15.2 Å². The maximum absolute atomic E-state index is 9.51. The van der Waals surface area contributed by atoms with Crippen LogP contribution < -0.4 is 5.32 Å². The first-order chi connectivity index (χ1) is 10.8. The van der Waals surface area contributed by atoms with E-state index in [1.165, 1.54) is 0 Å². The van der Waals surface area contributed by atoms with Crippen LogP contribution in [-0.2, 0) is 11.3 Å². The zero-order chi connectivity index (χ0) is 15.4. The van der Waals surface area contributed by atoms with Gasteiger partial charge >= 0.3 is 0 Å². The van der Waals surface area contributed by atoms with Crippen LogP contribution in [0.3, 0.4) is 0 Å². The summed E-state index contributed by atoms with van der Waals surface area (Å²) in [5.74, 6) is 0.755. The fourth-order valence-electron chi connectivity index (χ4n) is 2.34. The number of aliphatic hydroxyl groups is 1. The molecule has 6 nitrogen and oxygen atoms in total. The quantitative estimate of drug-likeness (QED) is 0.681. The molecule has 0 aliphatic heterocycles. The Morgan fingerprint density at radius 3 is 2.91 bits per heavy atom. The van der Waals surface area contributed by atoms with E-state index in [1.54, 1.807) is 17.8 Å². The largest absolute Gasteiger partial charge is 0.392 e. The van der Waals surface area contributed by atoms with Crippen LogP contribution in [0.2, 0.25) is 0 Å². The second-order valence-electron chi connectivity index (χ2n) is 4.87.